The van der Waals surface area contributed by atoms with Crippen molar-refractivity contribution in [3.63, 3.8) is 0 Å². The van der Waals surface area contributed by atoms with Crippen LogP contribution >= 0.6 is 0 Å². The molecule has 2 N–H and O–H groups in total. The van der Waals surface area contributed by atoms with E-state index in [1.807, 2.05) is 26.1 Å². The lowest BCUT2D eigenvalue weighted by molar-refractivity contribution is 0.411. The third-order valence-electron chi connectivity index (χ3n) is 3.02. The van der Waals surface area contributed by atoms with Gasteiger partial charge in [-0.3, -0.25) is 0 Å². The molecule has 0 fully saturated rings. The van der Waals surface area contributed by atoms with Crippen molar-refractivity contribution in [2.24, 2.45) is 12.8 Å². The van der Waals surface area contributed by atoms with E-state index < -0.39 is 0 Å². The second kappa shape index (κ2) is 5.14. The number of benzene rings is 1. The quantitative estimate of drug-likeness (QED) is 0.856. The fraction of sp³-hybridized carbons (Fsp3) is 0.417. The number of nitrogens with two attached hydrogens (primary N) is 1. The van der Waals surface area contributed by atoms with Gasteiger partial charge in [0.2, 0.25) is 0 Å². The second-order valence-corrected chi connectivity index (χ2v) is 4.18. The van der Waals surface area contributed by atoms with E-state index in [4.69, 9.17) is 10.5 Å². The number of hydrogen-bond donors (Lipinski definition) is 1. The topological polar surface area (TPSA) is 78.8 Å². The van der Waals surface area contributed by atoms with Gasteiger partial charge in [0.15, 0.2) is 5.82 Å². The van der Waals surface area contributed by atoms with Crippen molar-refractivity contribution in [3.8, 4) is 5.75 Å². The van der Waals surface area contributed by atoms with Crippen molar-refractivity contribution in [2.45, 2.75) is 12.8 Å². The van der Waals surface area contributed by atoms with Crippen LogP contribution in [0.1, 0.15) is 22.9 Å². The molecule has 1 aromatic heterocycles. The van der Waals surface area contributed by atoms with Gasteiger partial charge in [0.1, 0.15) is 5.75 Å². The number of tetrazole rings is 1. The molecule has 0 saturated carbocycles. The Morgan fingerprint density at radius 2 is 2.22 bits per heavy atom. The molecule has 96 valence electrons. The number of ether oxygens (including phenoxy) is 1. The highest BCUT2D eigenvalue weighted by atomic mass is 16.5. The Kier molecular flexibility index (Phi) is 3.57. The average molecular weight is 247 g/mol. The molecule has 18 heavy (non-hydrogen) atoms. The van der Waals surface area contributed by atoms with Crippen molar-refractivity contribution < 1.29 is 4.74 Å². The number of methoxy groups -OCH3 is 1. The molecule has 0 aliphatic carbocycles. The van der Waals surface area contributed by atoms with Gasteiger partial charge in [-0.25, -0.2) is 4.68 Å². The molecule has 0 spiro atoms. The molecule has 1 aromatic carbocycles. The van der Waals surface area contributed by atoms with E-state index in [1.165, 1.54) is 0 Å². The third kappa shape index (κ3) is 2.19. The Labute approximate surface area is 106 Å². The first-order valence-electron chi connectivity index (χ1n) is 5.74. The highest BCUT2D eigenvalue weighted by molar-refractivity contribution is 5.39. The molecule has 1 heterocycles. The highest BCUT2D eigenvalue weighted by Crippen LogP contribution is 2.26. The van der Waals surface area contributed by atoms with E-state index in [9.17, 15) is 0 Å². The van der Waals surface area contributed by atoms with Crippen LogP contribution in [0.2, 0.25) is 0 Å². The van der Waals surface area contributed by atoms with Crippen molar-refractivity contribution in [3.05, 3.63) is 35.2 Å². The van der Waals surface area contributed by atoms with Crippen LogP contribution in [0.4, 0.5) is 0 Å². The third-order valence-corrected chi connectivity index (χ3v) is 3.02. The maximum atomic E-state index is 5.85. The maximum Gasteiger partial charge on any atom is 0.159 e. The average Bonchev–Trinajstić information content (AvgIpc) is 2.77. The molecule has 0 saturated heterocycles. The molecule has 6 nitrogen and oxygen atoms in total. The molecule has 0 aliphatic heterocycles. The van der Waals surface area contributed by atoms with E-state index in [0.29, 0.717) is 6.54 Å². The second-order valence-electron chi connectivity index (χ2n) is 4.18. The van der Waals surface area contributed by atoms with Gasteiger partial charge < -0.3 is 10.5 Å². The smallest absolute Gasteiger partial charge is 0.159 e. The Bertz CT molecular complexity index is 537. The molecule has 2 rings (SSSR count). The van der Waals surface area contributed by atoms with Crippen LogP contribution in [0.3, 0.4) is 0 Å². The van der Waals surface area contributed by atoms with E-state index in [-0.39, 0.29) is 5.92 Å². The normalized spacial score (nSPS) is 12.4. The van der Waals surface area contributed by atoms with E-state index in [2.05, 4.69) is 21.6 Å². The molecular weight excluding hydrogens is 230 g/mol. The van der Waals surface area contributed by atoms with Crippen LogP contribution < -0.4 is 10.5 Å². The van der Waals surface area contributed by atoms with E-state index in [1.54, 1.807) is 11.8 Å². The summed E-state index contributed by atoms with van der Waals surface area (Å²) in [6.07, 6.45) is 0. The summed E-state index contributed by atoms with van der Waals surface area (Å²) in [4.78, 5) is 0. The summed E-state index contributed by atoms with van der Waals surface area (Å²) < 4.78 is 6.90. The zero-order valence-corrected chi connectivity index (χ0v) is 10.8. The predicted molar refractivity (Wildman–Crippen MR) is 67.4 cm³/mol. The van der Waals surface area contributed by atoms with Crippen molar-refractivity contribution in [2.75, 3.05) is 13.7 Å². The van der Waals surface area contributed by atoms with E-state index >= 15 is 0 Å². The minimum atomic E-state index is -0.00499. The number of nitrogens with zero attached hydrogens (tertiary/aromatic N) is 4. The summed E-state index contributed by atoms with van der Waals surface area (Å²) in [6.45, 7) is 2.46. The summed E-state index contributed by atoms with van der Waals surface area (Å²) in [7, 11) is 3.48. The molecule has 2 aromatic rings. The van der Waals surface area contributed by atoms with E-state index in [0.717, 1.165) is 22.7 Å². The van der Waals surface area contributed by atoms with Crippen LogP contribution in [-0.2, 0) is 7.05 Å². The van der Waals surface area contributed by atoms with Crippen molar-refractivity contribution >= 4 is 0 Å². The SMILES string of the molecule is COc1ccc(C(CN)c2nnnn2C)cc1C. The number of aryl methyl sites for hydroxylation is 2. The molecule has 1 atom stereocenters. The molecule has 0 bridgehead atoms. The molecule has 6 heteroatoms. The molecule has 0 radical (unpaired) electrons. The van der Waals surface area contributed by atoms with Gasteiger partial charge in [0.05, 0.1) is 13.0 Å². The monoisotopic (exact) mass is 247 g/mol. The van der Waals surface area contributed by atoms with Crippen LogP contribution in [0.25, 0.3) is 0 Å². The fourth-order valence-corrected chi connectivity index (χ4v) is 2.04. The van der Waals surface area contributed by atoms with Crippen molar-refractivity contribution in [1.82, 2.24) is 20.2 Å². The number of aromatic nitrogens is 4. The van der Waals surface area contributed by atoms with Crippen LogP contribution in [0, 0.1) is 6.92 Å². The molecular formula is C12H17N5O. The standard InChI is InChI=1S/C12H17N5O/c1-8-6-9(4-5-11(8)18-3)10(7-13)12-14-15-16-17(12)2/h4-6,10H,7,13H2,1-3H3. The Morgan fingerprint density at radius 1 is 1.44 bits per heavy atom. The zero-order chi connectivity index (χ0) is 13.1. The number of rotatable bonds is 4. The predicted octanol–water partition coefficient (Wildman–Crippen LogP) is 0.618. The van der Waals surface area contributed by atoms with Crippen molar-refractivity contribution in [1.29, 1.82) is 0 Å². The maximum absolute atomic E-state index is 5.85. The van der Waals surface area contributed by atoms with Crippen LogP contribution in [0.15, 0.2) is 18.2 Å². The van der Waals surface area contributed by atoms with Crippen LogP contribution in [0.5, 0.6) is 5.75 Å². The van der Waals surface area contributed by atoms with Gasteiger partial charge in [-0.05, 0) is 34.5 Å². The highest BCUT2D eigenvalue weighted by Gasteiger charge is 2.19. The first kappa shape index (κ1) is 12.5. The summed E-state index contributed by atoms with van der Waals surface area (Å²) in [5, 5.41) is 11.5. The van der Waals surface area contributed by atoms with Gasteiger partial charge in [-0.1, -0.05) is 12.1 Å². The molecule has 0 aliphatic rings. The van der Waals surface area contributed by atoms with Gasteiger partial charge in [0.25, 0.3) is 0 Å². The van der Waals surface area contributed by atoms with Crippen LogP contribution in [-0.4, -0.2) is 33.9 Å². The lowest BCUT2D eigenvalue weighted by Gasteiger charge is -2.15. The Balaban J connectivity index is 2.40. The first-order chi connectivity index (χ1) is 8.67. The summed E-state index contributed by atoms with van der Waals surface area (Å²) in [5.74, 6) is 1.63. The van der Waals surface area contributed by atoms with Gasteiger partial charge in [-0.2, -0.15) is 0 Å². The fourth-order valence-electron chi connectivity index (χ4n) is 2.04. The van der Waals surface area contributed by atoms with Gasteiger partial charge in [0, 0.05) is 13.6 Å². The zero-order valence-electron chi connectivity index (χ0n) is 10.8. The largest absolute Gasteiger partial charge is 0.496 e. The summed E-state index contributed by atoms with van der Waals surface area (Å²) in [6, 6.07) is 6.00. The van der Waals surface area contributed by atoms with Gasteiger partial charge in [-0.15, -0.1) is 5.10 Å². The molecule has 0 amide bonds. The minimum absolute atomic E-state index is 0.00499. The molecule has 1 unspecified atom stereocenters. The Hall–Kier alpha value is -1.95. The summed E-state index contributed by atoms with van der Waals surface area (Å²) in [5.41, 5.74) is 8.01. The first-order valence-corrected chi connectivity index (χ1v) is 5.74. The number of hydrogen-bond acceptors (Lipinski definition) is 5. The Morgan fingerprint density at radius 3 is 2.72 bits per heavy atom. The minimum Gasteiger partial charge on any atom is -0.496 e. The lowest BCUT2D eigenvalue weighted by Crippen LogP contribution is -2.18. The lowest BCUT2D eigenvalue weighted by atomic mass is 9.96. The summed E-state index contributed by atoms with van der Waals surface area (Å²) >= 11 is 0. The van der Waals surface area contributed by atoms with Gasteiger partial charge >= 0.3 is 0 Å².